The quantitative estimate of drug-likeness (QED) is 0.0496. The Hall–Kier alpha value is -0.566. The minimum Gasteiger partial charge on any atom is -2.00 e. The zero-order valence-corrected chi connectivity index (χ0v) is 69.7. The third kappa shape index (κ3) is 485. The number of nitrogens with zero attached hydrogens (tertiary/aromatic N) is 12. The number of anilines is 6. The van der Waals surface area contributed by atoms with Gasteiger partial charge in [-0.05, 0) is 0 Å². The van der Waals surface area contributed by atoms with E-state index in [1.54, 1.807) is 0 Å². The van der Waals surface area contributed by atoms with E-state index in [1.165, 1.54) is 38.0 Å². The normalized spacial score (nSPS) is 3.22. The molecule has 72 nitrogen and oxygen atoms in total. The van der Waals surface area contributed by atoms with Gasteiger partial charge in [0.1, 0.15) is 38.0 Å². The molecule has 0 amide bonds. The van der Waals surface area contributed by atoms with Crippen molar-refractivity contribution in [3.8, 4) is 0 Å². The van der Waals surface area contributed by atoms with Crippen LogP contribution >= 0.6 is 0 Å². The van der Waals surface area contributed by atoms with Crippen molar-refractivity contribution in [1.29, 1.82) is 0 Å². The second-order valence-corrected chi connectivity index (χ2v) is 5.24. The van der Waals surface area contributed by atoms with Crippen molar-refractivity contribution in [2.45, 2.75) is 0 Å². The molecule has 0 saturated carbocycles. The van der Waals surface area contributed by atoms with Gasteiger partial charge in [-0.15, -0.1) is 61.2 Å². The number of hydrogen-bond donors (Lipinski definition) is 12. The van der Waals surface area contributed by atoms with Gasteiger partial charge in [0.05, 0.1) is 0 Å². The maximum absolute atomic E-state index is 5.05. The summed E-state index contributed by atoms with van der Waals surface area (Å²) in [6.07, 6.45) is 8.56. The van der Waals surface area contributed by atoms with Crippen LogP contribution in [-0.4, -0.2) is 168 Å². The molecule has 6 aromatic heterocycles. The second kappa shape index (κ2) is 496. The summed E-state index contributed by atoms with van der Waals surface area (Å²) in [7, 11) is 0. The first-order chi connectivity index (χ1) is 17.4. The van der Waals surface area contributed by atoms with Gasteiger partial charge in [-0.25, -0.2) is 0 Å². The van der Waals surface area contributed by atoms with Crippen molar-refractivity contribution in [1.82, 2.24) is 91.1 Å². The number of aromatic nitrogens is 18. The molecule has 0 bridgehead atoms. The van der Waals surface area contributed by atoms with Gasteiger partial charge in [-0.3, -0.25) is 0 Å². The number of nitrogens with one attached hydrogen (secondary N) is 6. The van der Waals surface area contributed by atoms with Crippen molar-refractivity contribution in [3.63, 3.8) is 0 Å². The van der Waals surface area contributed by atoms with E-state index in [0.29, 0.717) is 35.7 Å². The van der Waals surface area contributed by atoms with Gasteiger partial charge in [0, 0.05) is 186 Å². The molecule has 0 spiro atoms. The van der Waals surface area contributed by atoms with Crippen LogP contribution in [0.15, 0.2) is 38.0 Å². The minimum absolute atomic E-state index is 0. The summed E-state index contributed by atoms with van der Waals surface area (Å²) >= 11 is 0. The third-order valence-electron chi connectivity index (χ3n) is 2.61. The number of hydrogen-bond acceptors (Lipinski definition) is 18. The standard InChI is InChI=1S/6C2H4N4.20H2O.28O.10V.3Zn/c6*3-2-4-1-5-6-2;;;;;;;;;;;;;;;;;;;;;;;;;;;;;;;;;;;;;;;;;;;;;;;;;;;;;;;;;;;;;/h6*1H,(H3,3,4,5,6);20*1H2;;;;;;;;;;;;;;;;;;;;;;;;;;;;;;;;;;;;;;;;;/q;;;;;;;;;;;;;;;;;;;;;;;;;;28*-2;;;;;;;;;;;3*+2/p+6. The van der Waals surface area contributed by atoms with E-state index in [0.717, 1.165) is 0 Å². The summed E-state index contributed by atoms with van der Waals surface area (Å²) in [5.74, 6) is 2.14. The molecule has 97 heavy (non-hydrogen) atoms. The van der Waals surface area contributed by atoms with Gasteiger partial charge in [-0.2, -0.15) is 0 Å². The van der Waals surface area contributed by atoms with Crippen LogP contribution in [0.4, 0.5) is 35.7 Å². The molecular weight excluding hydrogens is 1950 g/mol. The molecule has 626 valence electrons. The Balaban J connectivity index is -0.00000000241. The third-order valence-corrected chi connectivity index (χ3v) is 2.61. The molecule has 6 rings (SSSR count). The van der Waals surface area contributed by atoms with E-state index in [4.69, 9.17) is 34.4 Å². The predicted octanol–water partition coefficient (Wildman–Crippen LogP) is -24.1. The van der Waals surface area contributed by atoms with Crippen molar-refractivity contribution < 1.29 is 507 Å². The van der Waals surface area contributed by atoms with Gasteiger partial charge >= 0.3 is 58.4 Å². The van der Waals surface area contributed by atoms with Crippen LogP contribution in [0.5, 0.6) is 0 Å². The first-order valence-corrected chi connectivity index (χ1v) is 9.05. The van der Waals surface area contributed by atoms with Crippen LogP contribution in [0.25, 0.3) is 0 Å². The van der Waals surface area contributed by atoms with Crippen molar-refractivity contribution in [2.24, 2.45) is 0 Å². The van der Waals surface area contributed by atoms with Gasteiger partial charge in [0.2, 0.25) is 35.7 Å². The molecule has 6 aromatic rings. The number of H-pyrrole nitrogens is 6. The van der Waals surface area contributed by atoms with Crippen LogP contribution in [-0.2, 0) is 430 Å². The molecule has 6 heterocycles. The maximum atomic E-state index is 5.05. The Labute approximate surface area is 699 Å². The van der Waals surface area contributed by atoms with Crippen LogP contribution in [0.1, 0.15) is 0 Å². The Morgan fingerprint density at radius 3 is 0.227 bits per heavy atom. The molecule has 0 aliphatic carbocycles. The molecule has 10 radical (unpaired) electrons. The first kappa shape index (κ1) is 700. The Bertz CT molecular complexity index is 1050. The smallest absolute Gasteiger partial charge is 2.00 e. The summed E-state index contributed by atoms with van der Waals surface area (Å²) < 4.78 is 0. The zero-order valence-electron chi connectivity index (χ0n) is 46.8. The van der Waals surface area contributed by atoms with Crippen LogP contribution in [0, 0.1) is 0 Å². The molecule has 0 aliphatic heterocycles. The fourth-order valence-corrected chi connectivity index (χ4v) is 1.29. The van der Waals surface area contributed by atoms with Crippen molar-refractivity contribution in [3.05, 3.63) is 38.0 Å². The molecule has 64 N–H and O–H groups in total. The number of rotatable bonds is 0. The van der Waals surface area contributed by atoms with Gasteiger partial charge in [-0.1, -0.05) is 0 Å². The molecule has 0 aliphatic rings. The Morgan fingerprint density at radius 2 is 0.216 bits per heavy atom. The zero-order chi connectivity index (χ0) is 26.4. The SMILES string of the molecule is Nc1nnc[nH]1.Nc1nnc[nH]1.Nc1nnc[nH]1.Nc1nnc[nH]1.Nc1nnc[nH]1.Nc1nnc[nH]1.O.O.O.O.O.O.O.O.O.O.O.O.O.O.[O-2].[O-2].[O-2].[O-2].[O-2].[O-2].[O-2].[O-2].[O-2].[O-2].[O-2].[O-2].[O-2].[O-2].[O-2].[O-2].[O-2].[O-2].[O-2].[O-2].[O-2].[O-2].[O-2].[O-2].[O-2].[O-2].[O-2].[O-2].[OH3+].[OH3+].[OH3+].[OH3+].[OH3+].[OH3+].[V].[V].[V].[V].[V].[V].[V].[V].[V].[V].[Zn+2].[Zn+2].[Zn+2]. The molecule has 0 unspecified atom stereocenters. The first-order valence-electron chi connectivity index (χ1n) is 9.05. The predicted molar refractivity (Wildman–Crippen MR) is 224 cm³/mol. The van der Waals surface area contributed by atoms with Crippen molar-refractivity contribution in [2.75, 3.05) is 34.4 Å². The molecule has 85 heteroatoms. The average molecular weight is 2020 g/mol. The Kier molecular flexibility index (Phi) is 3570. The van der Waals surface area contributed by atoms with E-state index in [1.807, 2.05) is 0 Å². The van der Waals surface area contributed by atoms with Crippen LogP contribution in [0.3, 0.4) is 0 Å². The van der Waals surface area contributed by atoms with E-state index >= 15 is 0 Å². The molecule has 0 atom stereocenters. The number of nitrogens with two attached hydrogens (primary N) is 6. The fourth-order valence-electron chi connectivity index (χ4n) is 1.29. The summed E-state index contributed by atoms with van der Waals surface area (Å²) in [6, 6.07) is 0. The molecular formula is C12H70N24O48V10Zn3-44. The summed E-state index contributed by atoms with van der Waals surface area (Å²) in [5.41, 5.74) is 30.3. The summed E-state index contributed by atoms with van der Waals surface area (Å²) in [6.45, 7) is 0. The largest absolute Gasteiger partial charge is 2.00 e. The van der Waals surface area contributed by atoms with Gasteiger partial charge < -0.3 is 327 Å². The maximum Gasteiger partial charge on any atom is 2.00 e. The second-order valence-electron chi connectivity index (χ2n) is 5.24. The number of nitrogen functional groups attached to an aromatic ring is 6. The molecule has 0 aromatic carbocycles. The summed E-state index contributed by atoms with van der Waals surface area (Å²) in [4.78, 5) is 15.3. The monoisotopic (exact) mass is 2020 g/mol. The topological polar surface area (TPSA) is 1840 Å². The minimum atomic E-state index is 0. The molecule has 0 fully saturated rings. The van der Waals surface area contributed by atoms with E-state index < -0.39 is 0 Å². The number of aromatic amines is 6. The van der Waals surface area contributed by atoms with E-state index in [-0.39, 0.29) is 507 Å². The van der Waals surface area contributed by atoms with Crippen LogP contribution in [0.2, 0.25) is 0 Å². The van der Waals surface area contributed by atoms with Gasteiger partial charge in [0.25, 0.3) is 0 Å². The van der Waals surface area contributed by atoms with Gasteiger partial charge in [0.15, 0.2) is 0 Å². The van der Waals surface area contributed by atoms with Crippen LogP contribution < -0.4 is 34.4 Å². The van der Waals surface area contributed by atoms with Crippen molar-refractivity contribution >= 4 is 35.7 Å². The average Bonchev–Trinajstić information content (AvgIpc) is 3.67. The fraction of sp³-hybridized carbons (Fsp3) is 0. The summed E-state index contributed by atoms with van der Waals surface area (Å²) in [5, 5.41) is 40.7. The van der Waals surface area contributed by atoms with E-state index in [9.17, 15) is 0 Å². The van der Waals surface area contributed by atoms with E-state index in [2.05, 4.69) is 91.1 Å². The Morgan fingerprint density at radius 1 is 0.165 bits per heavy atom. The molecule has 0 saturated heterocycles.